The molecule has 6 aromatic rings. The number of ketones is 1. The molecule has 0 spiro atoms. The first-order valence-corrected chi connectivity index (χ1v) is 14.0. The molecule has 0 unspecified atom stereocenters. The minimum absolute atomic E-state index is 0.0571. The quantitative estimate of drug-likeness (QED) is 0.219. The van der Waals surface area contributed by atoms with Crippen LogP contribution in [0.1, 0.15) is 48.7 Å². The van der Waals surface area contributed by atoms with Crippen molar-refractivity contribution in [3.8, 4) is 38.8 Å². The fourth-order valence-electron chi connectivity index (χ4n) is 5.32. The lowest BCUT2D eigenvalue weighted by molar-refractivity contribution is 0.102. The molecule has 6 aromatic heterocycles. The minimum atomic E-state index is 0.0571. The Bertz CT molecular complexity index is 1830. The van der Waals surface area contributed by atoms with Gasteiger partial charge in [0.05, 0.1) is 39.1 Å². The number of thiophene rings is 1. The number of ether oxygens (including phenoxy) is 1. The third-order valence-corrected chi connectivity index (χ3v) is 8.51. The summed E-state index contributed by atoms with van der Waals surface area (Å²) in [5.74, 6) is 0.853. The molecule has 7 rings (SSSR count). The first kappa shape index (κ1) is 23.7. The largest absolute Gasteiger partial charge is 0.489 e. The number of hydrogen-bond donors (Lipinski definition) is 2. The van der Waals surface area contributed by atoms with Crippen LogP contribution in [0.5, 0.6) is 5.75 Å². The van der Waals surface area contributed by atoms with Crippen LogP contribution >= 0.6 is 11.3 Å². The third kappa shape index (κ3) is 4.48. The molecule has 194 valence electrons. The van der Waals surface area contributed by atoms with Gasteiger partial charge in [-0.3, -0.25) is 19.9 Å². The van der Waals surface area contributed by atoms with Gasteiger partial charge in [0.15, 0.2) is 11.4 Å². The maximum atomic E-state index is 11.8. The van der Waals surface area contributed by atoms with Crippen molar-refractivity contribution in [3.63, 3.8) is 0 Å². The molecular formula is C30H26N6O2S. The van der Waals surface area contributed by atoms with Crippen molar-refractivity contribution < 1.29 is 9.53 Å². The van der Waals surface area contributed by atoms with Crippen LogP contribution in [0, 0.1) is 0 Å². The Morgan fingerprint density at radius 1 is 0.974 bits per heavy atom. The Balaban J connectivity index is 1.25. The molecule has 0 radical (unpaired) electrons. The molecule has 0 saturated heterocycles. The molecule has 39 heavy (non-hydrogen) atoms. The number of H-pyrrole nitrogens is 2. The van der Waals surface area contributed by atoms with E-state index < -0.39 is 0 Å². The molecule has 6 heterocycles. The Labute approximate surface area is 228 Å². The van der Waals surface area contributed by atoms with E-state index in [9.17, 15) is 4.79 Å². The topological polar surface area (TPSA) is 109 Å². The smallest absolute Gasteiger partial charge is 0.181 e. The van der Waals surface area contributed by atoms with Crippen LogP contribution < -0.4 is 4.74 Å². The number of carbonyl (C=O) groups excluding carboxylic acids is 1. The van der Waals surface area contributed by atoms with Crippen LogP contribution in [0.3, 0.4) is 0 Å². The molecule has 1 aliphatic carbocycles. The molecule has 0 aliphatic heterocycles. The van der Waals surface area contributed by atoms with Gasteiger partial charge in [0.1, 0.15) is 5.75 Å². The molecule has 1 aliphatic rings. The first-order valence-electron chi connectivity index (χ1n) is 13.2. The third-order valence-electron chi connectivity index (χ3n) is 7.31. The molecule has 2 N–H and O–H groups in total. The van der Waals surface area contributed by atoms with Crippen molar-refractivity contribution >= 4 is 39.1 Å². The lowest BCUT2D eigenvalue weighted by atomic mass is 9.98. The van der Waals surface area contributed by atoms with Crippen LogP contribution in [-0.2, 0) is 0 Å². The van der Waals surface area contributed by atoms with Gasteiger partial charge in [-0.2, -0.15) is 5.10 Å². The second kappa shape index (κ2) is 9.74. The van der Waals surface area contributed by atoms with Crippen LogP contribution in [0.2, 0.25) is 0 Å². The van der Waals surface area contributed by atoms with Crippen molar-refractivity contribution in [2.75, 3.05) is 0 Å². The lowest BCUT2D eigenvalue weighted by Gasteiger charge is -2.23. The maximum Gasteiger partial charge on any atom is 0.181 e. The fraction of sp³-hybridized carbons (Fsp3) is 0.233. The van der Waals surface area contributed by atoms with E-state index in [1.54, 1.807) is 19.3 Å². The van der Waals surface area contributed by atoms with Gasteiger partial charge in [0, 0.05) is 46.0 Å². The molecule has 1 saturated carbocycles. The predicted octanol–water partition coefficient (Wildman–Crippen LogP) is 7.21. The van der Waals surface area contributed by atoms with E-state index in [1.807, 2.05) is 36.7 Å². The number of carbonyl (C=O) groups is 1. The second-order valence-corrected chi connectivity index (χ2v) is 11.1. The first-order chi connectivity index (χ1) is 19.1. The van der Waals surface area contributed by atoms with E-state index in [4.69, 9.17) is 4.74 Å². The molecule has 0 bridgehead atoms. The Hall–Kier alpha value is -4.37. The molecule has 0 aromatic carbocycles. The van der Waals surface area contributed by atoms with Gasteiger partial charge in [-0.05, 0) is 69.0 Å². The molecule has 1 fully saturated rings. The molecule has 0 atom stereocenters. The molecule has 0 amide bonds. The number of aromatic amines is 2. The van der Waals surface area contributed by atoms with Gasteiger partial charge >= 0.3 is 0 Å². The van der Waals surface area contributed by atoms with Crippen molar-refractivity contribution in [1.82, 2.24) is 30.1 Å². The summed E-state index contributed by atoms with van der Waals surface area (Å²) in [7, 11) is 0. The maximum absolute atomic E-state index is 11.8. The van der Waals surface area contributed by atoms with Crippen LogP contribution in [-0.4, -0.2) is 42.0 Å². The standard InChI is InChI=1S/C30H26N6O2S/c1-17(37)26-7-8-27(39-26)29-22-13-25(34-24(22)9-10-32-29)28-23-12-19(15-33-30(23)36-35-28)18-11-21(16-31-14-18)38-20-5-3-2-4-6-20/h7-16,20,34H,2-6H2,1H3,(H,33,35,36). The van der Waals surface area contributed by atoms with Crippen molar-refractivity contribution in [2.24, 2.45) is 0 Å². The zero-order valence-corrected chi connectivity index (χ0v) is 22.2. The van der Waals surface area contributed by atoms with Gasteiger partial charge in [-0.1, -0.05) is 6.42 Å². The summed E-state index contributed by atoms with van der Waals surface area (Å²) in [4.78, 5) is 30.7. The van der Waals surface area contributed by atoms with Gasteiger partial charge in [-0.15, -0.1) is 11.3 Å². The number of hydrogen-bond acceptors (Lipinski definition) is 7. The normalized spacial score (nSPS) is 14.3. The van der Waals surface area contributed by atoms with Gasteiger partial charge < -0.3 is 9.72 Å². The van der Waals surface area contributed by atoms with E-state index in [0.29, 0.717) is 5.65 Å². The average molecular weight is 535 g/mol. The Morgan fingerprint density at radius 3 is 2.69 bits per heavy atom. The van der Waals surface area contributed by atoms with E-state index in [0.717, 1.165) is 72.8 Å². The molecule has 9 heteroatoms. The summed E-state index contributed by atoms with van der Waals surface area (Å²) < 4.78 is 6.25. The predicted molar refractivity (Wildman–Crippen MR) is 153 cm³/mol. The number of Topliss-reactive ketones (excluding diaryl/α,β-unsaturated/α-hetero) is 1. The summed E-state index contributed by atoms with van der Waals surface area (Å²) in [5.41, 5.74) is 6.06. The van der Waals surface area contributed by atoms with Crippen LogP contribution in [0.25, 0.3) is 55.0 Å². The summed E-state index contributed by atoms with van der Waals surface area (Å²) >= 11 is 1.46. The highest BCUT2D eigenvalue weighted by molar-refractivity contribution is 7.17. The van der Waals surface area contributed by atoms with E-state index >= 15 is 0 Å². The van der Waals surface area contributed by atoms with Crippen LogP contribution in [0.15, 0.2) is 61.2 Å². The zero-order valence-electron chi connectivity index (χ0n) is 21.4. The summed E-state index contributed by atoms with van der Waals surface area (Å²) in [6.45, 7) is 1.58. The van der Waals surface area contributed by atoms with E-state index in [1.165, 1.54) is 30.6 Å². The SMILES string of the molecule is CC(=O)c1ccc(-c2nccc3[nH]c(-c4[nH]nc5ncc(-c6cncc(OC7CCCCC7)c6)cc45)cc23)s1. The van der Waals surface area contributed by atoms with E-state index in [2.05, 4.69) is 42.3 Å². The van der Waals surface area contributed by atoms with Crippen molar-refractivity contribution in [2.45, 2.75) is 45.1 Å². The fourth-order valence-corrected chi connectivity index (χ4v) is 6.23. The monoisotopic (exact) mass is 534 g/mol. The number of nitrogens with zero attached hydrogens (tertiary/aromatic N) is 4. The van der Waals surface area contributed by atoms with Gasteiger partial charge in [0.25, 0.3) is 0 Å². The number of aromatic nitrogens is 6. The van der Waals surface area contributed by atoms with E-state index in [-0.39, 0.29) is 11.9 Å². The Kier molecular flexibility index (Phi) is 5.93. The average Bonchev–Trinajstić information content (AvgIpc) is 3.71. The van der Waals surface area contributed by atoms with Gasteiger partial charge in [-0.25, -0.2) is 4.98 Å². The summed E-state index contributed by atoms with van der Waals surface area (Å²) in [6, 6.07) is 12.0. The van der Waals surface area contributed by atoms with Crippen molar-refractivity contribution in [1.29, 1.82) is 0 Å². The summed E-state index contributed by atoms with van der Waals surface area (Å²) in [5, 5.41) is 9.50. The zero-order chi connectivity index (χ0) is 26.3. The minimum Gasteiger partial charge on any atom is -0.489 e. The van der Waals surface area contributed by atoms with Gasteiger partial charge in [0.2, 0.25) is 0 Å². The number of pyridine rings is 3. The number of rotatable bonds is 6. The lowest BCUT2D eigenvalue weighted by Crippen LogP contribution is -2.19. The summed E-state index contributed by atoms with van der Waals surface area (Å²) in [6.07, 6.45) is 13.4. The molecule has 8 nitrogen and oxygen atoms in total. The second-order valence-electron chi connectivity index (χ2n) is 10.0. The highest BCUT2D eigenvalue weighted by Crippen LogP contribution is 2.36. The number of nitrogens with one attached hydrogen (secondary N) is 2. The Morgan fingerprint density at radius 2 is 1.85 bits per heavy atom. The van der Waals surface area contributed by atoms with Crippen LogP contribution in [0.4, 0.5) is 0 Å². The van der Waals surface area contributed by atoms with Crippen molar-refractivity contribution in [3.05, 3.63) is 66.1 Å². The molecular weight excluding hydrogens is 508 g/mol. The number of fused-ring (bicyclic) bond motifs is 2. The highest BCUT2D eigenvalue weighted by atomic mass is 32.1. The highest BCUT2D eigenvalue weighted by Gasteiger charge is 2.18.